The van der Waals surface area contributed by atoms with Gasteiger partial charge in [-0.2, -0.15) is 15.1 Å². The van der Waals surface area contributed by atoms with Gasteiger partial charge in [0.15, 0.2) is 5.82 Å². The first kappa shape index (κ1) is 33.4. The largest absolute Gasteiger partial charge is 0.508 e. The van der Waals surface area contributed by atoms with Crippen LogP contribution >= 0.6 is 0 Å². The van der Waals surface area contributed by atoms with Crippen LogP contribution in [0.2, 0.25) is 0 Å². The lowest BCUT2D eigenvalue weighted by Crippen LogP contribution is -2.43. The van der Waals surface area contributed by atoms with Crippen molar-refractivity contribution < 1.29 is 27.8 Å². The fraction of sp³-hybridized carbons (Fsp3) is 0.447. The first-order valence-electron chi connectivity index (χ1n) is 17.8. The summed E-state index contributed by atoms with van der Waals surface area (Å²) in [5.41, 5.74) is 0.800. The highest BCUT2D eigenvalue weighted by atomic mass is 19.1. The predicted octanol–water partition coefficient (Wildman–Crippen LogP) is 6.80. The fourth-order valence-corrected chi connectivity index (χ4v) is 8.47. The number of phenolic OH excluding ortho intramolecular Hbond substituents is 1. The number of hydrogen-bond acceptors (Lipinski definition) is 9. The second kappa shape index (κ2) is 13.1. The van der Waals surface area contributed by atoms with Gasteiger partial charge in [0.2, 0.25) is 5.91 Å². The van der Waals surface area contributed by atoms with E-state index in [4.69, 9.17) is 9.72 Å². The number of phenols is 1. The number of hydrogen-bond donors (Lipinski definition) is 1. The van der Waals surface area contributed by atoms with E-state index in [1.807, 2.05) is 18.7 Å². The Morgan fingerprint density at radius 3 is 2.76 bits per heavy atom. The SMILES string of the molecule is CCc1c(F)ccc2cc(O)cc(-c3ncc4c(N5CCCC(C(=O)n6ccc(C)n6)CC5)nc(OC[C@@]56CCCN5C[C@H](F)C6)nc4c3F)c12. The second-order valence-corrected chi connectivity index (χ2v) is 14.2. The van der Waals surface area contributed by atoms with Crippen LogP contribution in [0.5, 0.6) is 11.8 Å². The minimum absolute atomic E-state index is 0.0367. The number of carbonyl (C=O) groups is 1. The number of benzene rings is 2. The van der Waals surface area contributed by atoms with Crippen molar-refractivity contribution in [2.75, 3.05) is 37.7 Å². The third-order valence-corrected chi connectivity index (χ3v) is 11.0. The Kier molecular flexibility index (Phi) is 8.56. The van der Waals surface area contributed by atoms with E-state index in [-0.39, 0.29) is 47.0 Å². The number of aryl methyl sites for hydroxylation is 2. The summed E-state index contributed by atoms with van der Waals surface area (Å²) < 4.78 is 54.3. The zero-order chi connectivity index (χ0) is 35.4. The molecule has 0 bridgehead atoms. The number of aromatic nitrogens is 5. The molecular formula is C38H40F3N7O3. The topological polar surface area (TPSA) is 110 Å². The summed E-state index contributed by atoms with van der Waals surface area (Å²) >= 11 is 0. The Morgan fingerprint density at radius 1 is 1.10 bits per heavy atom. The first-order valence-corrected chi connectivity index (χ1v) is 17.8. The number of rotatable bonds is 7. The highest BCUT2D eigenvalue weighted by Crippen LogP contribution is 2.42. The molecule has 2 aromatic carbocycles. The van der Waals surface area contributed by atoms with Crippen LogP contribution < -0.4 is 9.64 Å². The molecule has 3 atom stereocenters. The lowest BCUT2D eigenvalue weighted by molar-refractivity contribution is 0.0806. The van der Waals surface area contributed by atoms with Crippen LogP contribution in [-0.4, -0.2) is 85.1 Å². The molecule has 0 saturated carbocycles. The molecule has 3 saturated heterocycles. The molecule has 8 rings (SSSR count). The van der Waals surface area contributed by atoms with Gasteiger partial charge in [-0.1, -0.05) is 13.0 Å². The van der Waals surface area contributed by atoms with E-state index in [9.17, 15) is 14.3 Å². The van der Waals surface area contributed by atoms with Crippen molar-refractivity contribution >= 4 is 33.4 Å². The monoisotopic (exact) mass is 699 g/mol. The molecule has 13 heteroatoms. The zero-order valence-electron chi connectivity index (χ0n) is 28.7. The van der Waals surface area contributed by atoms with E-state index in [1.54, 1.807) is 18.3 Å². The Labute approximate surface area is 293 Å². The van der Waals surface area contributed by atoms with Crippen LogP contribution in [-0.2, 0) is 6.42 Å². The molecule has 3 aromatic heterocycles. The van der Waals surface area contributed by atoms with Crippen molar-refractivity contribution in [2.24, 2.45) is 5.92 Å². The Morgan fingerprint density at radius 2 is 1.96 bits per heavy atom. The highest BCUT2D eigenvalue weighted by Gasteiger charge is 2.49. The summed E-state index contributed by atoms with van der Waals surface area (Å²) in [7, 11) is 0. The molecule has 1 unspecified atom stereocenters. The molecule has 0 spiro atoms. The Balaban J connectivity index is 1.21. The van der Waals surface area contributed by atoms with Crippen molar-refractivity contribution in [3.63, 3.8) is 0 Å². The number of ether oxygens (including phenoxy) is 1. The van der Waals surface area contributed by atoms with Crippen molar-refractivity contribution in [3.8, 4) is 23.0 Å². The number of pyridine rings is 1. The van der Waals surface area contributed by atoms with E-state index < -0.39 is 23.3 Å². The maximum atomic E-state index is 17.0. The van der Waals surface area contributed by atoms with Gasteiger partial charge < -0.3 is 14.7 Å². The van der Waals surface area contributed by atoms with Gasteiger partial charge in [-0.3, -0.25) is 14.7 Å². The van der Waals surface area contributed by atoms with Gasteiger partial charge in [0.1, 0.15) is 41.4 Å². The van der Waals surface area contributed by atoms with E-state index in [0.717, 1.165) is 25.1 Å². The van der Waals surface area contributed by atoms with Crippen LogP contribution in [0.1, 0.15) is 61.5 Å². The van der Waals surface area contributed by atoms with Gasteiger partial charge in [0.05, 0.1) is 16.6 Å². The lowest BCUT2D eigenvalue weighted by Gasteiger charge is -2.31. The maximum Gasteiger partial charge on any atom is 0.319 e. The van der Waals surface area contributed by atoms with Gasteiger partial charge >= 0.3 is 6.01 Å². The molecule has 5 aromatic rings. The van der Waals surface area contributed by atoms with E-state index >= 15 is 8.78 Å². The van der Waals surface area contributed by atoms with Crippen LogP contribution in [0, 0.1) is 24.5 Å². The minimum atomic E-state index is -0.943. The van der Waals surface area contributed by atoms with E-state index in [1.165, 1.54) is 29.1 Å². The highest BCUT2D eigenvalue weighted by molar-refractivity contribution is 6.01. The molecule has 3 aliphatic rings. The van der Waals surface area contributed by atoms with Crippen LogP contribution in [0.15, 0.2) is 42.7 Å². The molecule has 1 N–H and O–H groups in total. The normalized spacial score (nSPS) is 22.5. The number of nitrogens with zero attached hydrogens (tertiary/aromatic N) is 7. The Bertz CT molecular complexity index is 2160. The molecule has 6 heterocycles. The quantitative estimate of drug-likeness (QED) is 0.196. The zero-order valence-corrected chi connectivity index (χ0v) is 28.7. The van der Waals surface area contributed by atoms with Gasteiger partial charge in [0.25, 0.3) is 0 Å². The molecule has 3 aliphatic heterocycles. The average molecular weight is 700 g/mol. The molecule has 0 amide bonds. The first-order chi connectivity index (χ1) is 24.6. The molecule has 266 valence electrons. The van der Waals surface area contributed by atoms with Gasteiger partial charge in [0, 0.05) is 49.9 Å². The number of fused-ring (bicyclic) bond motifs is 3. The minimum Gasteiger partial charge on any atom is -0.508 e. The van der Waals surface area contributed by atoms with Gasteiger partial charge in [-0.15, -0.1) is 0 Å². The molecular weight excluding hydrogens is 659 g/mol. The Hall–Kier alpha value is -4.78. The van der Waals surface area contributed by atoms with Crippen molar-refractivity contribution in [1.29, 1.82) is 0 Å². The number of anilines is 1. The molecule has 51 heavy (non-hydrogen) atoms. The van der Waals surface area contributed by atoms with E-state index in [0.29, 0.717) is 79.3 Å². The molecule has 0 radical (unpaired) electrons. The van der Waals surface area contributed by atoms with E-state index in [2.05, 4.69) is 20.0 Å². The fourth-order valence-electron chi connectivity index (χ4n) is 8.47. The van der Waals surface area contributed by atoms with Crippen molar-refractivity contribution in [2.45, 2.75) is 70.5 Å². The number of alkyl halides is 1. The number of aromatic hydroxyl groups is 1. The number of halogens is 3. The van der Waals surface area contributed by atoms with Crippen LogP contribution in [0.4, 0.5) is 19.0 Å². The van der Waals surface area contributed by atoms with Crippen molar-refractivity contribution in [1.82, 2.24) is 29.6 Å². The summed E-state index contributed by atoms with van der Waals surface area (Å²) in [6.07, 6.45) is 6.54. The molecule has 3 fully saturated rings. The molecule has 0 aliphatic carbocycles. The smallest absolute Gasteiger partial charge is 0.319 e. The standard InChI is InChI=1S/C38H40F3N7O3/c1-3-27-30(40)8-7-24-16-26(49)17-28(31(24)27)33-32(41)34-29(19-42-33)35(44-37(43-34)51-21-38-11-5-13-47(38)20-25(39)18-38)46-12-4-6-23(10-14-46)36(50)48-15-9-22(2)45-48/h7-9,15-17,19,23,25,49H,3-6,10-14,18,20-21H2,1-2H3/t23?,25-,38+/m1/s1. The third kappa shape index (κ3) is 5.94. The van der Waals surface area contributed by atoms with Gasteiger partial charge in [-0.25, -0.2) is 17.9 Å². The summed E-state index contributed by atoms with van der Waals surface area (Å²) in [4.78, 5) is 31.4. The molecule has 10 nitrogen and oxygen atoms in total. The summed E-state index contributed by atoms with van der Waals surface area (Å²) in [5, 5.41) is 16.3. The van der Waals surface area contributed by atoms with Crippen LogP contribution in [0.3, 0.4) is 0 Å². The summed E-state index contributed by atoms with van der Waals surface area (Å²) in [6, 6.07) is 7.57. The predicted molar refractivity (Wildman–Crippen MR) is 187 cm³/mol. The third-order valence-electron chi connectivity index (χ3n) is 11.0. The maximum absolute atomic E-state index is 17.0. The summed E-state index contributed by atoms with van der Waals surface area (Å²) in [5.74, 6) is -1.20. The van der Waals surface area contributed by atoms with Gasteiger partial charge in [-0.05, 0) is 92.6 Å². The van der Waals surface area contributed by atoms with Crippen molar-refractivity contribution in [3.05, 3.63) is 65.6 Å². The number of carbonyl (C=O) groups excluding carboxylic acids is 1. The second-order valence-electron chi connectivity index (χ2n) is 14.2. The lowest BCUT2D eigenvalue weighted by atomic mass is 9.94. The average Bonchev–Trinajstić information content (AvgIpc) is 3.74. The summed E-state index contributed by atoms with van der Waals surface area (Å²) in [6.45, 7) is 5.99. The van der Waals surface area contributed by atoms with Crippen LogP contribution in [0.25, 0.3) is 32.9 Å².